The van der Waals surface area contributed by atoms with Crippen LogP contribution in [-0.2, 0) is 9.59 Å². The normalized spacial score (nSPS) is 22.2. The fourth-order valence-electron chi connectivity index (χ4n) is 4.21. The molecule has 5 nitrogen and oxygen atoms in total. The summed E-state index contributed by atoms with van der Waals surface area (Å²) in [5, 5.41) is 8.99. The SMILES string of the molecule is CCN(CC(=O)O)C1CCN(C(=O)C2(CC)CCCC2)CC1. The molecule has 1 heterocycles. The quantitative estimate of drug-likeness (QED) is 0.818. The van der Waals surface area contributed by atoms with E-state index >= 15 is 0 Å². The van der Waals surface area contributed by atoms with Crippen LogP contribution in [0.4, 0.5) is 0 Å². The van der Waals surface area contributed by atoms with E-state index in [-0.39, 0.29) is 12.0 Å². The summed E-state index contributed by atoms with van der Waals surface area (Å²) >= 11 is 0. The van der Waals surface area contributed by atoms with Gasteiger partial charge in [0.25, 0.3) is 0 Å². The molecule has 0 radical (unpaired) electrons. The maximum atomic E-state index is 12.9. The maximum Gasteiger partial charge on any atom is 0.317 e. The predicted molar refractivity (Wildman–Crippen MR) is 85.7 cm³/mol. The van der Waals surface area contributed by atoms with Gasteiger partial charge in [-0.2, -0.15) is 0 Å². The number of aliphatic carboxylic acids is 1. The molecule has 5 heteroatoms. The Morgan fingerprint density at radius 1 is 1.18 bits per heavy atom. The lowest BCUT2D eigenvalue weighted by Gasteiger charge is -2.41. The van der Waals surface area contributed by atoms with Crippen molar-refractivity contribution in [3.05, 3.63) is 0 Å². The van der Waals surface area contributed by atoms with Crippen molar-refractivity contribution in [3.63, 3.8) is 0 Å². The predicted octanol–water partition coefficient (Wildman–Crippen LogP) is 2.35. The van der Waals surface area contributed by atoms with E-state index in [1.54, 1.807) is 0 Å². The van der Waals surface area contributed by atoms with Gasteiger partial charge in [0.05, 0.1) is 6.54 Å². The summed E-state index contributed by atoms with van der Waals surface area (Å²) in [5.74, 6) is -0.413. The average Bonchev–Trinajstić information content (AvgIpc) is 3.02. The Morgan fingerprint density at radius 2 is 1.77 bits per heavy atom. The smallest absolute Gasteiger partial charge is 0.317 e. The molecular formula is C17H30N2O3. The number of carboxylic acid groups (broad SMARTS) is 1. The summed E-state index contributed by atoms with van der Waals surface area (Å²) in [4.78, 5) is 27.9. The molecule has 0 spiro atoms. The second kappa shape index (κ2) is 7.44. The Morgan fingerprint density at radius 3 is 2.23 bits per heavy atom. The molecule has 0 aromatic carbocycles. The van der Waals surface area contributed by atoms with Gasteiger partial charge in [-0.05, 0) is 38.6 Å². The molecule has 22 heavy (non-hydrogen) atoms. The van der Waals surface area contributed by atoms with Crippen molar-refractivity contribution < 1.29 is 14.7 Å². The number of likely N-dealkylation sites (N-methyl/N-ethyl adjacent to an activating group) is 1. The molecule has 0 unspecified atom stereocenters. The second-order valence-corrected chi connectivity index (χ2v) is 6.82. The van der Waals surface area contributed by atoms with E-state index < -0.39 is 5.97 Å². The van der Waals surface area contributed by atoms with E-state index in [0.29, 0.717) is 11.9 Å². The van der Waals surface area contributed by atoms with E-state index in [2.05, 4.69) is 6.92 Å². The molecule has 1 amide bonds. The number of nitrogens with zero attached hydrogens (tertiary/aromatic N) is 2. The van der Waals surface area contributed by atoms with Crippen molar-refractivity contribution in [2.24, 2.45) is 5.41 Å². The van der Waals surface area contributed by atoms with Crippen molar-refractivity contribution in [2.75, 3.05) is 26.2 Å². The number of carbonyl (C=O) groups is 2. The van der Waals surface area contributed by atoms with Crippen LogP contribution in [0.2, 0.25) is 0 Å². The molecular weight excluding hydrogens is 280 g/mol. The maximum absolute atomic E-state index is 12.9. The number of carboxylic acids is 1. The highest BCUT2D eigenvalue weighted by Gasteiger charge is 2.42. The summed E-state index contributed by atoms with van der Waals surface area (Å²) in [5.41, 5.74) is -0.0989. The molecule has 1 saturated heterocycles. The van der Waals surface area contributed by atoms with E-state index in [1.165, 1.54) is 12.8 Å². The molecule has 2 fully saturated rings. The lowest BCUT2D eigenvalue weighted by atomic mass is 9.81. The monoisotopic (exact) mass is 310 g/mol. The molecule has 2 aliphatic rings. The Hall–Kier alpha value is -1.10. The van der Waals surface area contributed by atoms with Crippen LogP contribution in [0, 0.1) is 5.41 Å². The van der Waals surface area contributed by atoms with E-state index in [9.17, 15) is 9.59 Å². The minimum absolute atomic E-state index is 0.0989. The van der Waals surface area contributed by atoms with Crippen molar-refractivity contribution >= 4 is 11.9 Å². The van der Waals surface area contributed by atoms with Gasteiger partial charge in [-0.25, -0.2) is 0 Å². The standard InChI is InChI=1S/C17H30N2O3/c1-3-17(9-5-6-10-17)16(22)19-11-7-14(8-12-19)18(4-2)13-15(20)21/h14H,3-13H2,1-2H3,(H,20,21). The highest BCUT2D eigenvalue weighted by molar-refractivity contribution is 5.83. The van der Waals surface area contributed by atoms with Gasteiger partial charge in [0.1, 0.15) is 0 Å². The third-order valence-electron chi connectivity index (χ3n) is 5.70. The molecule has 0 atom stereocenters. The van der Waals surface area contributed by atoms with Gasteiger partial charge in [-0.15, -0.1) is 0 Å². The van der Waals surface area contributed by atoms with Crippen molar-refractivity contribution in [3.8, 4) is 0 Å². The molecule has 1 N–H and O–H groups in total. The summed E-state index contributed by atoms with van der Waals surface area (Å²) in [6.45, 7) is 6.56. The van der Waals surface area contributed by atoms with Crippen LogP contribution in [0.25, 0.3) is 0 Å². The molecule has 2 rings (SSSR count). The van der Waals surface area contributed by atoms with Crippen LogP contribution in [-0.4, -0.2) is 59.0 Å². The summed E-state index contributed by atoms with van der Waals surface area (Å²) in [6.07, 6.45) is 7.19. The van der Waals surface area contributed by atoms with E-state index in [1.807, 2.05) is 16.7 Å². The van der Waals surface area contributed by atoms with Gasteiger partial charge in [0.2, 0.25) is 5.91 Å². The molecule has 1 saturated carbocycles. The van der Waals surface area contributed by atoms with Crippen LogP contribution in [0.5, 0.6) is 0 Å². The molecule has 0 bridgehead atoms. The average molecular weight is 310 g/mol. The summed E-state index contributed by atoms with van der Waals surface area (Å²) in [6, 6.07) is 0.298. The zero-order chi connectivity index (χ0) is 16.2. The Balaban J connectivity index is 1.91. The van der Waals surface area contributed by atoms with Crippen LogP contribution in [0.1, 0.15) is 58.8 Å². The lowest BCUT2D eigenvalue weighted by Crippen LogP contribution is -2.51. The Bertz CT molecular complexity index is 397. The number of hydrogen-bond donors (Lipinski definition) is 1. The van der Waals surface area contributed by atoms with E-state index in [0.717, 1.165) is 51.7 Å². The Labute approximate surface area is 133 Å². The number of carbonyl (C=O) groups excluding carboxylic acids is 1. The fraction of sp³-hybridized carbons (Fsp3) is 0.882. The van der Waals surface area contributed by atoms with Crippen molar-refractivity contribution in [2.45, 2.75) is 64.8 Å². The third-order valence-corrected chi connectivity index (χ3v) is 5.70. The topological polar surface area (TPSA) is 60.9 Å². The first-order valence-corrected chi connectivity index (χ1v) is 8.77. The van der Waals surface area contributed by atoms with Gasteiger partial charge in [-0.1, -0.05) is 26.7 Å². The zero-order valence-corrected chi connectivity index (χ0v) is 14.0. The van der Waals surface area contributed by atoms with Crippen LogP contribution < -0.4 is 0 Å². The zero-order valence-electron chi connectivity index (χ0n) is 14.0. The minimum atomic E-state index is -0.767. The fourth-order valence-corrected chi connectivity index (χ4v) is 4.21. The molecule has 0 aromatic rings. The second-order valence-electron chi connectivity index (χ2n) is 6.82. The molecule has 1 aliphatic carbocycles. The largest absolute Gasteiger partial charge is 0.480 e. The van der Waals surface area contributed by atoms with Crippen LogP contribution in [0.15, 0.2) is 0 Å². The third kappa shape index (κ3) is 3.62. The lowest BCUT2D eigenvalue weighted by molar-refractivity contribution is -0.145. The highest BCUT2D eigenvalue weighted by atomic mass is 16.4. The number of likely N-dealkylation sites (tertiary alicyclic amines) is 1. The first-order chi connectivity index (χ1) is 10.5. The van der Waals surface area contributed by atoms with E-state index in [4.69, 9.17) is 5.11 Å². The van der Waals surface area contributed by atoms with Gasteiger partial charge >= 0.3 is 5.97 Å². The van der Waals surface area contributed by atoms with Gasteiger partial charge in [0, 0.05) is 24.5 Å². The number of hydrogen-bond acceptors (Lipinski definition) is 3. The number of rotatable bonds is 6. The first-order valence-electron chi connectivity index (χ1n) is 8.77. The Kier molecular flexibility index (Phi) is 5.84. The minimum Gasteiger partial charge on any atom is -0.480 e. The van der Waals surface area contributed by atoms with Crippen LogP contribution in [0.3, 0.4) is 0 Å². The van der Waals surface area contributed by atoms with Gasteiger partial charge in [0.15, 0.2) is 0 Å². The highest BCUT2D eigenvalue weighted by Crippen LogP contribution is 2.43. The molecule has 126 valence electrons. The molecule has 1 aliphatic heterocycles. The number of amides is 1. The number of piperidine rings is 1. The van der Waals surface area contributed by atoms with Crippen molar-refractivity contribution in [1.82, 2.24) is 9.80 Å². The molecule has 0 aromatic heterocycles. The summed E-state index contributed by atoms with van der Waals surface area (Å²) in [7, 11) is 0. The van der Waals surface area contributed by atoms with Crippen molar-refractivity contribution in [1.29, 1.82) is 0 Å². The summed E-state index contributed by atoms with van der Waals surface area (Å²) < 4.78 is 0. The van der Waals surface area contributed by atoms with Gasteiger partial charge < -0.3 is 10.0 Å². The van der Waals surface area contributed by atoms with Gasteiger partial charge in [-0.3, -0.25) is 14.5 Å². The first kappa shape index (κ1) is 17.3. The van der Waals surface area contributed by atoms with Crippen LogP contribution >= 0.6 is 0 Å².